The Hall–Kier alpha value is -2.74. The van der Waals surface area contributed by atoms with Gasteiger partial charge in [0, 0.05) is 35.4 Å². The van der Waals surface area contributed by atoms with Gasteiger partial charge in [-0.25, -0.2) is 9.37 Å². The summed E-state index contributed by atoms with van der Waals surface area (Å²) in [6.07, 6.45) is 1.08. The lowest BCUT2D eigenvalue weighted by Gasteiger charge is -2.22. The number of amides is 1. The Bertz CT molecular complexity index is 834. The third-order valence-corrected chi connectivity index (χ3v) is 3.96. The Morgan fingerprint density at radius 2 is 1.86 bits per heavy atom. The summed E-state index contributed by atoms with van der Waals surface area (Å²) in [6, 6.07) is 7.11. The molecule has 0 saturated carbocycles. The summed E-state index contributed by atoms with van der Waals surface area (Å²) in [5.41, 5.74) is 0.367. The topological polar surface area (TPSA) is 99.2 Å². The molecule has 7 nitrogen and oxygen atoms in total. The van der Waals surface area contributed by atoms with Crippen LogP contribution in [0.25, 0.3) is 0 Å². The van der Waals surface area contributed by atoms with Crippen LogP contribution in [0.1, 0.15) is 34.6 Å². The predicted molar refractivity (Wildman–Crippen MR) is 109 cm³/mol. The van der Waals surface area contributed by atoms with Crippen LogP contribution >= 0.6 is 0 Å². The largest absolute Gasteiger partial charge is 0.396 e. The minimum atomic E-state index is -0.578. The number of aliphatic hydroxyl groups excluding tert-OH is 1. The zero-order valence-electron chi connectivity index (χ0n) is 16.9. The zero-order chi connectivity index (χ0) is 20.9. The quantitative estimate of drug-likeness (QED) is 0.575. The van der Waals surface area contributed by atoms with Crippen molar-refractivity contribution in [3.63, 3.8) is 0 Å². The van der Waals surface area contributed by atoms with Crippen molar-refractivity contribution >= 4 is 29.0 Å². The molecule has 0 aliphatic carbocycles. The van der Waals surface area contributed by atoms with E-state index < -0.39 is 16.6 Å². The number of carbonyl (C=O) groups excluding carboxylic acids is 1. The molecule has 0 fully saturated rings. The fourth-order valence-corrected chi connectivity index (χ4v) is 2.05. The van der Waals surface area contributed by atoms with Gasteiger partial charge in [0.2, 0.25) is 11.9 Å². The predicted octanol–water partition coefficient (Wildman–Crippen LogP) is 3.77. The van der Waals surface area contributed by atoms with Crippen LogP contribution in [0.4, 0.5) is 27.5 Å². The molecule has 2 rings (SSSR count). The smallest absolute Gasteiger partial charge is 0.229 e. The number of anilines is 4. The Kier molecular flexibility index (Phi) is 6.56. The van der Waals surface area contributed by atoms with Gasteiger partial charge >= 0.3 is 0 Å². The summed E-state index contributed by atoms with van der Waals surface area (Å²) < 4.78 is 14.0. The first-order valence-corrected chi connectivity index (χ1v) is 9.06. The molecule has 8 heteroatoms. The van der Waals surface area contributed by atoms with E-state index in [9.17, 15) is 14.3 Å². The average Bonchev–Trinajstić information content (AvgIpc) is 2.62. The molecule has 0 atom stereocenters. The van der Waals surface area contributed by atoms with Crippen molar-refractivity contribution in [3.05, 3.63) is 36.3 Å². The first-order chi connectivity index (χ1) is 13.0. The second-order valence-electron chi connectivity index (χ2n) is 8.48. The number of hydrogen-bond donors (Lipinski definition) is 4. The van der Waals surface area contributed by atoms with Crippen molar-refractivity contribution < 1.29 is 14.3 Å². The van der Waals surface area contributed by atoms with Gasteiger partial charge in [0.1, 0.15) is 0 Å². The molecule has 0 unspecified atom stereocenters. The summed E-state index contributed by atoms with van der Waals surface area (Å²) in [6.45, 7) is 9.54. The van der Waals surface area contributed by atoms with Crippen LogP contribution in [-0.4, -0.2) is 34.1 Å². The molecule has 1 heterocycles. The molecular formula is C20H28FN5O2. The van der Waals surface area contributed by atoms with E-state index in [2.05, 4.69) is 25.9 Å². The van der Waals surface area contributed by atoms with Crippen LogP contribution in [0.3, 0.4) is 0 Å². The normalized spacial score (nSPS) is 11.8. The fraction of sp³-hybridized carbons (Fsp3) is 0.450. The number of rotatable bonds is 7. The van der Waals surface area contributed by atoms with E-state index in [1.54, 1.807) is 24.3 Å². The van der Waals surface area contributed by atoms with Gasteiger partial charge in [0.25, 0.3) is 0 Å². The van der Waals surface area contributed by atoms with E-state index in [-0.39, 0.29) is 24.3 Å². The molecule has 0 aliphatic heterocycles. The second-order valence-corrected chi connectivity index (χ2v) is 8.48. The number of nitrogens with one attached hydrogen (secondary N) is 3. The number of aromatic nitrogens is 2. The monoisotopic (exact) mass is 389 g/mol. The summed E-state index contributed by atoms with van der Waals surface area (Å²) in [7, 11) is 0. The molecule has 1 amide bonds. The Morgan fingerprint density at radius 1 is 1.18 bits per heavy atom. The highest BCUT2D eigenvalue weighted by molar-refractivity contribution is 5.94. The summed E-state index contributed by atoms with van der Waals surface area (Å²) >= 11 is 0. The third kappa shape index (κ3) is 6.16. The number of halogens is 1. The van der Waals surface area contributed by atoms with Crippen LogP contribution in [0.15, 0.2) is 30.5 Å². The van der Waals surface area contributed by atoms with Crippen molar-refractivity contribution in [2.45, 2.75) is 34.6 Å². The molecular weight excluding hydrogens is 361 g/mol. The minimum absolute atomic E-state index is 0.0368. The average molecular weight is 389 g/mol. The molecule has 0 aliphatic rings. The number of benzene rings is 1. The van der Waals surface area contributed by atoms with Gasteiger partial charge in [-0.15, -0.1) is 0 Å². The molecule has 0 spiro atoms. The van der Waals surface area contributed by atoms with E-state index in [0.717, 1.165) is 6.20 Å². The lowest BCUT2D eigenvalue weighted by Crippen LogP contribution is -2.27. The van der Waals surface area contributed by atoms with Crippen LogP contribution in [0.2, 0.25) is 0 Å². The molecule has 152 valence electrons. The van der Waals surface area contributed by atoms with Crippen LogP contribution in [0.5, 0.6) is 0 Å². The Labute approximate surface area is 164 Å². The molecule has 0 bridgehead atoms. The molecule has 0 saturated heterocycles. The van der Waals surface area contributed by atoms with E-state index in [1.165, 1.54) is 0 Å². The molecule has 2 aromatic rings. The lowest BCUT2D eigenvalue weighted by atomic mass is 9.95. The van der Waals surface area contributed by atoms with E-state index in [4.69, 9.17) is 0 Å². The lowest BCUT2D eigenvalue weighted by molar-refractivity contribution is -0.123. The van der Waals surface area contributed by atoms with Gasteiger partial charge in [0.05, 0.1) is 6.20 Å². The van der Waals surface area contributed by atoms with Gasteiger partial charge < -0.3 is 21.1 Å². The number of carbonyl (C=O) groups is 1. The van der Waals surface area contributed by atoms with Crippen molar-refractivity contribution in [1.29, 1.82) is 0 Å². The van der Waals surface area contributed by atoms with E-state index in [0.29, 0.717) is 17.9 Å². The van der Waals surface area contributed by atoms with Gasteiger partial charge in [-0.3, -0.25) is 4.79 Å². The van der Waals surface area contributed by atoms with Gasteiger partial charge in [0.15, 0.2) is 11.6 Å². The van der Waals surface area contributed by atoms with Crippen molar-refractivity contribution in [2.24, 2.45) is 10.8 Å². The van der Waals surface area contributed by atoms with Crippen LogP contribution in [0, 0.1) is 16.6 Å². The van der Waals surface area contributed by atoms with Crippen molar-refractivity contribution in [3.8, 4) is 0 Å². The highest BCUT2D eigenvalue weighted by atomic mass is 19.1. The maximum Gasteiger partial charge on any atom is 0.229 e. The fourth-order valence-electron chi connectivity index (χ4n) is 2.05. The summed E-state index contributed by atoms with van der Waals surface area (Å²) in [4.78, 5) is 20.3. The zero-order valence-corrected chi connectivity index (χ0v) is 16.9. The summed E-state index contributed by atoms with van der Waals surface area (Å²) in [5.74, 6) is -0.410. The molecule has 28 heavy (non-hydrogen) atoms. The Morgan fingerprint density at radius 3 is 2.50 bits per heavy atom. The first-order valence-electron chi connectivity index (χ1n) is 9.06. The number of nitrogens with zero attached hydrogens (tertiary/aromatic N) is 2. The number of aliphatic hydroxyl groups is 1. The standard InChI is InChI=1S/C20H28FN5O2/c1-19(2,3)17(28)24-13-7-6-8-14(9-13)25-18-22-10-15(21)16(26-18)23-11-20(4,5)12-27/h6-10,27H,11-12H2,1-5H3,(H,24,28)(H2,22,23,25,26). The molecule has 4 N–H and O–H groups in total. The highest BCUT2D eigenvalue weighted by Gasteiger charge is 2.21. The van der Waals surface area contributed by atoms with Gasteiger partial charge in [-0.05, 0) is 18.2 Å². The molecule has 1 aromatic heterocycles. The van der Waals surface area contributed by atoms with Crippen molar-refractivity contribution in [2.75, 3.05) is 29.1 Å². The number of hydrogen-bond acceptors (Lipinski definition) is 6. The van der Waals surface area contributed by atoms with E-state index >= 15 is 0 Å². The van der Waals surface area contributed by atoms with Crippen LogP contribution in [-0.2, 0) is 4.79 Å². The Balaban J connectivity index is 2.12. The maximum atomic E-state index is 14.0. The second kappa shape index (κ2) is 8.52. The minimum Gasteiger partial charge on any atom is -0.396 e. The third-order valence-electron chi connectivity index (χ3n) is 3.96. The molecule has 0 radical (unpaired) electrons. The van der Waals surface area contributed by atoms with Crippen LogP contribution < -0.4 is 16.0 Å². The highest BCUT2D eigenvalue weighted by Crippen LogP contribution is 2.23. The molecule has 1 aromatic carbocycles. The first kappa shape index (κ1) is 21.6. The van der Waals surface area contributed by atoms with Gasteiger partial charge in [-0.2, -0.15) is 4.98 Å². The van der Waals surface area contributed by atoms with Crippen molar-refractivity contribution in [1.82, 2.24) is 9.97 Å². The summed E-state index contributed by atoms with van der Waals surface area (Å²) in [5, 5.41) is 18.1. The maximum absolute atomic E-state index is 14.0. The van der Waals surface area contributed by atoms with Gasteiger partial charge in [-0.1, -0.05) is 40.7 Å². The SMILES string of the molecule is CC(C)(CO)CNc1nc(Nc2cccc(NC(=O)C(C)(C)C)c2)ncc1F. The van der Waals surface area contributed by atoms with E-state index in [1.807, 2.05) is 34.6 Å².